The predicted octanol–water partition coefficient (Wildman–Crippen LogP) is 1.85. The summed E-state index contributed by atoms with van der Waals surface area (Å²) in [7, 11) is 0. The minimum atomic E-state index is -0.422. The molecular weight excluding hydrogens is 302 g/mol. The van der Waals surface area contributed by atoms with E-state index in [0.717, 1.165) is 31.2 Å². The maximum absolute atomic E-state index is 13.1. The van der Waals surface area contributed by atoms with E-state index in [1.54, 1.807) is 6.20 Å². The zero-order chi connectivity index (χ0) is 16.7. The number of aromatic amines is 1. The van der Waals surface area contributed by atoms with Crippen LogP contribution in [0.15, 0.2) is 6.20 Å². The van der Waals surface area contributed by atoms with Crippen LogP contribution in [0, 0.1) is 11.3 Å². The van der Waals surface area contributed by atoms with Crippen molar-refractivity contribution in [2.75, 3.05) is 19.6 Å². The van der Waals surface area contributed by atoms with E-state index >= 15 is 0 Å². The molecule has 1 saturated carbocycles. The molecule has 1 aromatic rings. The summed E-state index contributed by atoms with van der Waals surface area (Å²) >= 11 is 0. The summed E-state index contributed by atoms with van der Waals surface area (Å²) in [6.07, 6.45) is 8.85. The highest BCUT2D eigenvalue weighted by atomic mass is 16.2. The fourth-order valence-electron chi connectivity index (χ4n) is 4.75. The third-order valence-electron chi connectivity index (χ3n) is 6.08. The molecule has 6 nitrogen and oxygen atoms in total. The summed E-state index contributed by atoms with van der Waals surface area (Å²) in [5.41, 5.74) is 0.440. The fraction of sp³-hybridized carbons (Fsp3) is 0.833. The fourth-order valence-corrected chi connectivity index (χ4v) is 4.75. The molecule has 2 atom stereocenters. The second-order valence-corrected chi connectivity index (χ2v) is 8.50. The highest BCUT2D eigenvalue weighted by Crippen LogP contribution is 2.39. The first-order valence-electron chi connectivity index (χ1n) is 9.44. The Kier molecular flexibility index (Phi) is 4.11. The average Bonchev–Trinajstić information content (AvgIpc) is 3.30. The molecule has 2 unspecified atom stereocenters. The molecule has 4 rings (SSSR count). The standard InChI is InChI=1S/C18H29N5O/c1-18(2,10-14-11-19-21-20-14)17(24)22-9-7-16-13(12-22)4-3-8-23(16)15-5-6-15/h11,13,15-16H,3-10,12H2,1-2H3,(H,19,20,21). The van der Waals surface area contributed by atoms with Crippen LogP contribution in [0.4, 0.5) is 0 Å². The van der Waals surface area contributed by atoms with Crippen molar-refractivity contribution in [1.82, 2.24) is 25.2 Å². The number of fused-ring (bicyclic) bond motifs is 1. The number of amides is 1. The molecule has 0 radical (unpaired) electrons. The highest BCUT2D eigenvalue weighted by molar-refractivity contribution is 5.82. The summed E-state index contributed by atoms with van der Waals surface area (Å²) < 4.78 is 0. The van der Waals surface area contributed by atoms with Crippen LogP contribution in [0.3, 0.4) is 0 Å². The molecule has 2 aliphatic heterocycles. The van der Waals surface area contributed by atoms with E-state index < -0.39 is 5.41 Å². The molecule has 1 N–H and O–H groups in total. The van der Waals surface area contributed by atoms with Crippen LogP contribution >= 0.6 is 0 Å². The Morgan fingerprint density at radius 3 is 2.83 bits per heavy atom. The van der Waals surface area contributed by atoms with Crippen LogP contribution in [-0.4, -0.2) is 62.8 Å². The molecule has 24 heavy (non-hydrogen) atoms. The van der Waals surface area contributed by atoms with Crippen LogP contribution in [-0.2, 0) is 11.2 Å². The number of likely N-dealkylation sites (tertiary alicyclic amines) is 2. The van der Waals surface area contributed by atoms with Crippen molar-refractivity contribution in [2.45, 2.75) is 64.5 Å². The Hall–Kier alpha value is -1.43. The SMILES string of the molecule is CC(C)(Cc1cn[nH]n1)C(=O)N1CCC2C(CCCN2C2CC2)C1. The van der Waals surface area contributed by atoms with E-state index in [2.05, 4.69) is 25.2 Å². The van der Waals surface area contributed by atoms with Crippen LogP contribution in [0.1, 0.15) is 51.6 Å². The first kappa shape index (κ1) is 16.1. The van der Waals surface area contributed by atoms with Gasteiger partial charge in [-0.1, -0.05) is 13.8 Å². The molecular formula is C18H29N5O. The number of rotatable bonds is 4. The van der Waals surface area contributed by atoms with Crippen molar-refractivity contribution in [3.05, 3.63) is 11.9 Å². The van der Waals surface area contributed by atoms with Crippen molar-refractivity contribution in [2.24, 2.45) is 11.3 Å². The van der Waals surface area contributed by atoms with E-state index in [1.807, 2.05) is 13.8 Å². The lowest BCUT2D eigenvalue weighted by atomic mass is 9.81. The van der Waals surface area contributed by atoms with Gasteiger partial charge < -0.3 is 4.90 Å². The van der Waals surface area contributed by atoms with Crippen LogP contribution < -0.4 is 0 Å². The van der Waals surface area contributed by atoms with E-state index in [9.17, 15) is 4.79 Å². The first-order chi connectivity index (χ1) is 11.5. The minimum Gasteiger partial charge on any atom is -0.342 e. The summed E-state index contributed by atoms with van der Waals surface area (Å²) in [5, 5.41) is 10.6. The van der Waals surface area contributed by atoms with Crippen LogP contribution in [0.5, 0.6) is 0 Å². The Labute approximate surface area is 144 Å². The van der Waals surface area contributed by atoms with Crippen LogP contribution in [0.2, 0.25) is 0 Å². The van der Waals surface area contributed by atoms with Gasteiger partial charge in [0.05, 0.1) is 11.9 Å². The Morgan fingerprint density at radius 2 is 2.12 bits per heavy atom. The Morgan fingerprint density at radius 1 is 1.29 bits per heavy atom. The lowest BCUT2D eigenvalue weighted by molar-refractivity contribution is -0.144. The molecule has 6 heteroatoms. The monoisotopic (exact) mass is 331 g/mol. The zero-order valence-corrected chi connectivity index (χ0v) is 14.9. The molecule has 0 bridgehead atoms. The van der Waals surface area contributed by atoms with Crippen molar-refractivity contribution in [1.29, 1.82) is 0 Å². The summed E-state index contributed by atoms with van der Waals surface area (Å²) in [4.78, 5) is 18.0. The number of H-pyrrole nitrogens is 1. The molecule has 0 aromatic carbocycles. The van der Waals surface area contributed by atoms with E-state index in [4.69, 9.17) is 0 Å². The highest BCUT2D eigenvalue weighted by Gasteiger charge is 2.44. The maximum Gasteiger partial charge on any atom is 0.228 e. The average molecular weight is 331 g/mol. The number of aromatic nitrogens is 3. The van der Waals surface area contributed by atoms with E-state index in [0.29, 0.717) is 18.4 Å². The molecule has 1 amide bonds. The second kappa shape index (κ2) is 6.14. The molecule has 3 fully saturated rings. The topological polar surface area (TPSA) is 65.1 Å². The Bertz CT molecular complexity index is 580. The van der Waals surface area contributed by atoms with Gasteiger partial charge in [0.25, 0.3) is 0 Å². The van der Waals surface area contributed by atoms with Crippen molar-refractivity contribution < 1.29 is 4.79 Å². The summed E-state index contributed by atoms with van der Waals surface area (Å²) in [6.45, 7) is 7.19. The van der Waals surface area contributed by atoms with Crippen molar-refractivity contribution in [3.63, 3.8) is 0 Å². The number of carbonyl (C=O) groups is 1. The zero-order valence-electron chi connectivity index (χ0n) is 14.9. The summed E-state index contributed by atoms with van der Waals surface area (Å²) in [5.74, 6) is 0.937. The third kappa shape index (κ3) is 3.08. The molecule has 3 aliphatic rings. The van der Waals surface area contributed by atoms with Gasteiger partial charge in [0.15, 0.2) is 0 Å². The quantitative estimate of drug-likeness (QED) is 0.914. The smallest absolute Gasteiger partial charge is 0.228 e. The van der Waals surface area contributed by atoms with Crippen LogP contribution in [0.25, 0.3) is 0 Å². The normalized spacial score (nSPS) is 28.7. The Balaban J connectivity index is 1.41. The number of carbonyl (C=O) groups excluding carboxylic acids is 1. The van der Waals surface area contributed by atoms with Crippen molar-refractivity contribution in [3.8, 4) is 0 Å². The van der Waals surface area contributed by atoms with Gasteiger partial charge in [-0.15, -0.1) is 0 Å². The predicted molar refractivity (Wildman–Crippen MR) is 91.3 cm³/mol. The summed E-state index contributed by atoms with van der Waals surface area (Å²) in [6, 6.07) is 1.57. The van der Waals surface area contributed by atoms with Gasteiger partial charge in [-0.3, -0.25) is 9.69 Å². The molecule has 1 aliphatic carbocycles. The van der Waals surface area contributed by atoms with Gasteiger partial charge in [0, 0.05) is 37.0 Å². The van der Waals surface area contributed by atoms with Gasteiger partial charge in [-0.2, -0.15) is 15.4 Å². The minimum absolute atomic E-state index is 0.271. The lowest BCUT2D eigenvalue weighted by Gasteiger charge is -2.48. The third-order valence-corrected chi connectivity index (χ3v) is 6.08. The van der Waals surface area contributed by atoms with Gasteiger partial charge in [-0.05, 0) is 44.6 Å². The largest absolute Gasteiger partial charge is 0.342 e. The number of nitrogens with zero attached hydrogens (tertiary/aromatic N) is 4. The maximum atomic E-state index is 13.1. The van der Waals surface area contributed by atoms with E-state index in [-0.39, 0.29) is 5.91 Å². The van der Waals surface area contributed by atoms with E-state index in [1.165, 1.54) is 32.2 Å². The molecule has 1 aromatic heterocycles. The number of nitrogens with one attached hydrogen (secondary N) is 1. The van der Waals surface area contributed by atoms with Crippen molar-refractivity contribution >= 4 is 5.91 Å². The molecule has 132 valence electrons. The first-order valence-corrected chi connectivity index (χ1v) is 9.44. The van der Waals surface area contributed by atoms with Gasteiger partial charge >= 0.3 is 0 Å². The van der Waals surface area contributed by atoms with Gasteiger partial charge in [-0.25, -0.2) is 0 Å². The number of hydrogen-bond donors (Lipinski definition) is 1. The molecule has 2 saturated heterocycles. The molecule has 3 heterocycles. The second-order valence-electron chi connectivity index (χ2n) is 8.50. The molecule has 0 spiro atoms. The van der Waals surface area contributed by atoms with Gasteiger partial charge in [0.2, 0.25) is 5.91 Å². The number of hydrogen-bond acceptors (Lipinski definition) is 4. The number of piperidine rings is 2. The van der Waals surface area contributed by atoms with Gasteiger partial charge in [0.1, 0.15) is 0 Å². The lowest BCUT2D eigenvalue weighted by Crippen LogP contribution is -2.57.